The zero-order valence-corrected chi connectivity index (χ0v) is 13.8. The van der Waals surface area contributed by atoms with Gasteiger partial charge in [0, 0.05) is 23.5 Å². The fourth-order valence-electron chi connectivity index (χ4n) is 2.50. The minimum atomic E-state index is -3.68. The van der Waals surface area contributed by atoms with Crippen molar-refractivity contribution in [2.45, 2.75) is 23.8 Å². The van der Waals surface area contributed by atoms with Crippen molar-refractivity contribution in [1.29, 1.82) is 0 Å². The molecule has 0 unspecified atom stereocenters. The van der Waals surface area contributed by atoms with Crippen LogP contribution in [0.3, 0.4) is 0 Å². The van der Waals surface area contributed by atoms with E-state index in [2.05, 4.69) is 10.0 Å². The Balaban J connectivity index is 1.52. The molecule has 2 aliphatic rings. The molecule has 1 fully saturated rings. The van der Waals surface area contributed by atoms with Crippen LogP contribution in [0.1, 0.15) is 12.8 Å². The molecule has 1 saturated carbocycles. The summed E-state index contributed by atoms with van der Waals surface area (Å²) in [5.41, 5.74) is 1.52. The van der Waals surface area contributed by atoms with Crippen molar-refractivity contribution in [3.63, 3.8) is 0 Å². The summed E-state index contributed by atoms with van der Waals surface area (Å²) in [6.45, 7) is 0.887. The van der Waals surface area contributed by atoms with Crippen molar-refractivity contribution in [2.75, 3.05) is 23.3 Å². The van der Waals surface area contributed by atoms with Gasteiger partial charge in [-0.25, -0.2) is 8.42 Å². The van der Waals surface area contributed by atoms with Gasteiger partial charge in [0.15, 0.2) is 11.5 Å². The summed E-state index contributed by atoms with van der Waals surface area (Å²) in [7, 11) is -3.68. The summed E-state index contributed by atoms with van der Waals surface area (Å²) >= 11 is 0. The Morgan fingerprint density at radius 2 is 1.54 bits per heavy atom. The Morgan fingerprint density at radius 1 is 0.875 bits per heavy atom. The standard InChI is InChI=1S/C17H18N2O4S/c20-24(21,15-7-8-16-17(11-15)23-10-9-22-16)19-14-5-3-13(4-6-14)18-12-1-2-12/h3-8,11-12,18-19H,1-2,9-10H2. The van der Waals surface area contributed by atoms with Gasteiger partial charge >= 0.3 is 0 Å². The average Bonchev–Trinajstić information content (AvgIpc) is 3.40. The zero-order valence-electron chi connectivity index (χ0n) is 13.0. The van der Waals surface area contributed by atoms with Gasteiger partial charge in [0.25, 0.3) is 10.0 Å². The predicted octanol–water partition coefficient (Wildman–Crippen LogP) is 2.83. The summed E-state index contributed by atoms with van der Waals surface area (Å²) in [6.07, 6.45) is 2.39. The van der Waals surface area contributed by atoms with Crippen molar-refractivity contribution in [3.05, 3.63) is 42.5 Å². The quantitative estimate of drug-likeness (QED) is 0.871. The lowest BCUT2D eigenvalue weighted by Gasteiger charge is -2.19. The summed E-state index contributed by atoms with van der Waals surface area (Å²) in [5, 5.41) is 3.36. The molecule has 0 spiro atoms. The lowest BCUT2D eigenvalue weighted by atomic mass is 10.3. The Bertz CT molecular complexity index is 845. The van der Waals surface area contributed by atoms with Crippen LogP contribution in [0, 0.1) is 0 Å². The number of sulfonamides is 1. The molecule has 0 aromatic heterocycles. The first-order valence-corrected chi connectivity index (χ1v) is 9.37. The van der Waals surface area contributed by atoms with E-state index in [4.69, 9.17) is 9.47 Å². The lowest BCUT2D eigenvalue weighted by Crippen LogP contribution is -2.17. The molecule has 4 rings (SSSR count). The van der Waals surface area contributed by atoms with Crippen LogP contribution in [0.5, 0.6) is 11.5 Å². The van der Waals surface area contributed by atoms with Crippen LogP contribution >= 0.6 is 0 Å². The van der Waals surface area contributed by atoms with Gasteiger partial charge in [-0.2, -0.15) is 0 Å². The number of hydrogen-bond acceptors (Lipinski definition) is 5. The summed E-state index contributed by atoms with van der Waals surface area (Å²) in [4.78, 5) is 0.145. The van der Waals surface area contributed by atoms with Crippen molar-refractivity contribution in [2.24, 2.45) is 0 Å². The van der Waals surface area contributed by atoms with Crippen LogP contribution in [0.25, 0.3) is 0 Å². The molecular weight excluding hydrogens is 328 g/mol. The topological polar surface area (TPSA) is 76.7 Å². The highest BCUT2D eigenvalue weighted by atomic mass is 32.2. The molecule has 0 saturated heterocycles. The third kappa shape index (κ3) is 3.26. The summed E-state index contributed by atoms with van der Waals surface area (Å²) in [5.74, 6) is 1.02. The van der Waals surface area contributed by atoms with Crippen LogP contribution in [-0.4, -0.2) is 27.7 Å². The van der Waals surface area contributed by atoms with Gasteiger partial charge in [-0.1, -0.05) is 0 Å². The molecule has 7 heteroatoms. The van der Waals surface area contributed by atoms with Crippen LogP contribution in [0.15, 0.2) is 47.4 Å². The Morgan fingerprint density at radius 3 is 2.25 bits per heavy atom. The number of ether oxygens (including phenoxy) is 2. The van der Waals surface area contributed by atoms with E-state index in [0.29, 0.717) is 36.4 Å². The third-order valence-electron chi connectivity index (χ3n) is 3.91. The Labute approximate surface area is 140 Å². The molecule has 2 aromatic rings. The molecule has 0 atom stereocenters. The molecule has 1 heterocycles. The monoisotopic (exact) mass is 346 g/mol. The highest BCUT2D eigenvalue weighted by molar-refractivity contribution is 7.92. The number of fused-ring (bicyclic) bond motifs is 1. The Hall–Kier alpha value is -2.41. The first-order valence-electron chi connectivity index (χ1n) is 7.89. The molecular formula is C17H18N2O4S. The van der Waals surface area contributed by atoms with Gasteiger partial charge in [-0.3, -0.25) is 4.72 Å². The highest BCUT2D eigenvalue weighted by Crippen LogP contribution is 2.33. The number of rotatable bonds is 5. The van der Waals surface area contributed by atoms with Crippen LogP contribution in [0.2, 0.25) is 0 Å². The maximum Gasteiger partial charge on any atom is 0.262 e. The largest absolute Gasteiger partial charge is 0.486 e. The minimum Gasteiger partial charge on any atom is -0.486 e. The van der Waals surface area contributed by atoms with E-state index >= 15 is 0 Å². The average molecular weight is 346 g/mol. The van der Waals surface area contributed by atoms with E-state index in [1.807, 2.05) is 12.1 Å². The van der Waals surface area contributed by atoms with Gasteiger partial charge < -0.3 is 14.8 Å². The van der Waals surface area contributed by atoms with Crippen molar-refractivity contribution >= 4 is 21.4 Å². The smallest absolute Gasteiger partial charge is 0.262 e. The van der Waals surface area contributed by atoms with Crippen molar-refractivity contribution < 1.29 is 17.9 Å². The fraction of sp³-hybridized carbons (Fsp3) is 0.294. The molecule has 6 nitrogen and oxygen atoms in total. The fourth-order valence-corrected chi connectivity index (χ4v) is 3.58. The molecule has 2 aromatic carbocycles. The maximum atomic E-state index is 12.5. The molecule has 1 aliphatic heterocycles. The Kier molecular flexibility index (Phi) is 3.72. The first-order chi connectivity index (χ1) is 11.6. The molecule has 0 bridgehead atoms. The van der Waals surface area contributed by atoms with E-state index < -0.39 is 10.0 Å². The first kappa shape index (κ1) is 15.1. The van der Waals surface area contributed by atoms with Crippen molar-refractivity contribution in [1.82, 2.24) is 0 Å². The molecule has 2 N–H and O–H groups in total. The highest BCUT2D eigenvalue weighted by Gasteiger charge is 2.21. The van der Waals surface area contributed by atoms with Gasteiger partial charge in [-0.05, 0) is 49.2 Å². The second kappa shape index (κ2) is 5.90. The summed E-state index contributed by atoms with van der Waals surface area (Å²) in [6, 6.07) is 12.4. The summed E-state index contributed by atoms with van der Waals surface area (Å²) < 4.78 is 38.5. The zero-order chi connectivity index (χ0) is 16.6. The second-order valence-electron chi connectivity index (χ2n) is 5.91. The molecule has 0 radical (unpaired) electrons. The third-order valence-corrected chi connectivity index (χ3v) is 5.29. The molecule has 0 amide bonds. The van der Waals surface area contributed by atoms with Crippen molar-refractivity contribution in [3.8, 4) is 11.5 Å². The van der Waals surface area contributed by atoms with Crippen LogP contribution < -0.4 is 19.5 Å². The molecule has 1 aliphatic carbocycles. The van der Waals surface area contributed by atoms with Gasteiger partial charge in [0.05, 0.1) is 4.90 Å². The van der Waals surface area contributed by atoms with E-state index in [1.165, 1.54) is 25.0 Å². The normalized spacial score (nSPS) is 16.5. The van der Waals surface area contributed by atoms with E-state index in [-0.39, 0.29) is 4.90 Å². The SMILES string of the molecule is O=S(=O)(Nc1ccc(NC2CC2)cc1)c1ccc2c(c1)OCCO2. The van der Waals surface area contributed by atoms with E-state index in [9.17, 15) is 8.42 Å². The lowest BCUT2D eigenvalue weighted by molar-refractivity contribution is 0.171. The number of anilines is 2. The number of hydrogen-bond donors (Lipinski definition) is 2. The van der Waals surface area contributed by atoms with Gasteiger partial charge in [-0.15, -0.1) is 0 Å². The van der Waals surface area contributed by atoms with Crippen LogP contribution in [-0.2, 0) is 10.0 Å². The second-order valence-corrected chi connectivity index (χ2v) is 7.59. The maximum absolute atomic E-state index is 12.5. The molecule has 24 heavy (non-hydrogen) atoms. The predicted molar refractivity (Wildman–Crippen MR) is 91.3 cm³/mol. The van der Waals surface area contributed by atoms with Crippen LogP contribution in [0.4, 0.5) is 11.4 Å². The van der Waals surface area contributed by atoms with Gasteiger partial charge in [0.1, 0.15) is 13.2 Å². The molecule has 126 valence electrons. The van der Waals surface area contributed by atoms with E-state index in [0.717, 1.165) is 5.69 Å². The van der Waals surface area contributed by atoms with Gasteiger partial charge in [0.2, 0.25) is 0 Å². The van der Waals surface area contributed by atoms with E-state index in [1.54, 1.807) is 18.2 Å². The minimum absolute atomic E-state index is 0.145. The number of benzene rings is 2. The number of nitrogens with one attached hydrogen (secondary N) is 2.